The monoisotopic (exact) mass is 296 g/mol. The number of imidazole rings is 1. The Hall–Kier alpha value is -1.29. The molecule has 0 bridgehead atoms. The second kappa shape index (κ2) is 4.92. The van der Waals surface area contributed by atoms with Gasteiger partial charge in [0.1, 0.15) is 5.82 Å². The Morgan fingerprint density at radius 3 is 2.70 bits per heavy atom. The maximum atomic E-state index is 13.8. The summed E-state index contributed by atoms with van der Waals surface area (Å²) in [6, 6.07) is 3.16. The van der Waals surface area contributed by atoms with Crippen LogP contribution in [0.15, 0.2) is 12.1 Å². The average Bonchev–Trinajstić information content (AvgIpc) is 3.01. The van der Waals surface area contributed by atoms with Crippen LogP contribution in [-0.4, -0.2) is 16.7 Å². The SMILES string of the molecule is COc1cc2c(cc1F)nc(CCl)n2C1(C)CCCC1. The standard InChI is InChI=1S/C15H18ClFN2O/c1-15(5-3-4-6-15)19-12-8-13(20-2)10(17)7-11(12)18-14(19)9-16/h7-8H,3-6,9H2,1-2H3. The highest BCUT2D eigenvalue weighted by atomic mass is 35.5. The molecule has 20 heavy (non-hydrogen) atoms. The number of aromatic nitrogens is 2. The molecule has 5 heteroatoms. The van der Waals surface area contributed by atoms with Gasteiger partial charge in [0.2, 0.25) is 0 Å². The molecular formula is C15H18ClFN2O. The summed E-state index contributed by atoms with van der Waals surface area (Å²) in [6.45, 7) is 2.23. The summed E-state index contributed by atoms with van der Waals surface area (Å²) in [4.78, 5) is 4.49. The Balaban J connectivity index is 2.27. The first-order valence-electron chi connectivity index (χ1n) is 6.90. The molecule has 1 saturated carbocycles. The smallest absolute Gasteiger partial charge is 0.167 e. The third-order valence-corrected chi connectivity index (χ3v) is 4.58. The first-order valence-corrected chi connectivity index (χ1v) is 7.44. The van der Waals surface area contributed by atoms with Crippen molar-refractivity contribution in [1.82, 2.24) is 9.55 Å². The van der Waals surface area contributed by atoms with Crippen molar-refractivity contribution in [3.8, 4) is 5.75 Å². The van der Waals surface area contributed by atoms with E-state index < -0.39 is 0 Å². The Kier molecular flexibility index (Phi) is 3.36. The van der Waals surface area contributed by atoms with Gasteiger partial charge in [0.15, 0.2) is 11.6 Å². The molecule has 0 amide bonds. The number of ether oxygens (including phenoxy) is 1. The number of methoxy groups -OCH3 is 1. The van der Waals surface area contributed by atoms with Gasteiger partial charge in [-0.25, -0.2) is 9.37 Å². The highest BCUT2D eigenvalue weighted by Gasteiger charge is 2.34. The maximum absolute atomic E-state index is 13.8. The zero-order chi connectivity index (χ0) is 14.3. The maximum Gasteiger partial charge on any atom is 0.167 e. The molecule has 1 aromatic heterocycles. The van der Waals surface area contributed by atoms with E-state index in [0.717, 1.165) is 24.2 Å². The molecule has 0 aliphatic heterocycles. The van der Waals surface area contributed by atoms with Gasteiger partial charge in [-0.1, -0.05) is 12.8 Å². The normalized spacial score (nSPS) is 17.8. The first-order chi connectivity index (χ1) is 9.59. The van der Waals surface area contributed by atoms with E-state index in [1.54, 1.807) is 6.07 Å². The molecule has 2 aromatic rings. The summed E-state index contributed by atoms with van der Waals surface area (Å²) >= 11 is 6.05. The number of fused-ring (bicyclic) bond motifs is 1. The van der Waals surface area contributed by atoms with Crippen LogP contribution in [0.25, 0.3) is 11.0 Å². The highest BCUT2D eigenvalue weighted by molar-refractivity contribution is 6.16. The fourth-order valence-corrected chi connectivity index (χ4v) is 3.52. The van der Waals surface area contributed by atoms with Gasteiger partial charge < -0.3 is 9.30 Å². The second-order valence-corrected chi connectivity index (χ2v) is 5.94. The van der Waals surface area contributed by atoms with Crippen LogP contribution in [-0.2, 0) is 11.4 Å². The molecule has 0 unspecified atom stereocenters. The van der Waals surface area contributed by atoms with Crippen LogP contribution in [0.3, 0.4) is 0 Å². The molecule has 1 aliphatic rings. The summed E-state index contributed by atoms with van der Waals surface area (Å²) in [5, 5.41) is 0. The van der Waals surface area contributed by atoms with Crippen molar-refractivity contribution in [3.05, 3.63) is 23.8 Å². The van der Waals surface area contributed by atoms with Gasteiger partial charge >= 0.3 is 0 Å². The minimum Gasteiger partial charge on any atom is -0.494 e. The number of nitrogens with zero attached hydrogens (tertiary/aromatic N) is 2. The molecule has 0 N–H and O–H groups in total. The van der Waals surface area contributed by atoms with Crippen LogP contribution in [0.2, 0.25) is 0 Å². The topological polar surface area (TPSA) is 27.1 Å². The first kappa shape index (κ1) is 13.7. The summed E-state index contributed by atoms with van der Waals surface area (Å²) < 4.78 is 21.1. The van der Waals surface area contributed by atoms with Crippen molar-refractivity contribution in [2.24, 2.45) is 0 Å². The zero-order valence-corrected chi connectivity index (χ0v) is 12.5. The fraction of sp³-hybridized carbons (Fsp3) is 0.533. The Labute approximate surface area is 122 Å². The summed E-state index contributed by atoms with van der Waals surface area (Å²) in [5.74, 6) is 0.997. The van der Waals surface area contributed by atoms with Crippen molar-refractivity contribution >= 4 is 22.6 Å². The Morgan fingerprint density at radius 1 is 1.40 bits per heavy atom. The van der Waals surface area contributed by atoms with Crippen LogP contribution < -0.4 is 4.74 Å². The van der Waals surface area contributed by atoms with E-state index in [0.29, 0.717) is 11.4 Å². The van der Waals surface area contributed by atoms with E-state index in [-0.39, 0.29) is 17.1 Å². The summed E-state index contributed by atoms with van der Waals surface area (Å²) in [6.07, 6.45) is 4.61. The molecule has 1 heterocycles. The Bertz CT molecular complexity index is 647. The number of rotatable bonds is 3. The molecule has 3 rings (SSSR count). The van der Waals surface area contributed by atoms with Gasteiger partial charge in [-0.05, 0) is 19.8 Å². The predicted octanol–water partition coefficient (Wildman–Crippen LogP) is 4.21. The molecule has 0 spiro atoms. The van der Waals surface area contributed by atoms with E-state index in [2.05, 4.69) is 16.5 Å². The van der Waals surface area contributed by atoms with Crippen LogP contribution in [0.5, 0.6) is 5.75 Å². The highest BCUT2D eigenvalue weighted by Crippen LogP contribution is 2.40. The lowest BCUT2D eigenvalue weighted by atomic mass is 9.99. The van der Waals surface area contributed by atoms with Crippen LogP contribution in [0.1, 0.15) is 38.4 Å². The predicted molar refractivity (Wildman–Crippen MR) is 77.9 cm³/mol. The van der Waals surface area contributed by atoms with Gasteiger partial charge in [0.25, 0.3) is 0 Å². The number of alkyl halides is 1. The molecule has 0 radical (unpaired) electrons. The number of benzene rings is 1. The molecule has 108 valence electrons. The van der Waals surface area contributed by atoms with Crippen molar-refractivity contribution in [2.75, 3.05) is 7.11 Å². The van der Waals surface area contributed by atoms with E-state index in [1.165, 1.54) is 26.0 Å². The molecule has 1 aromatic carbocycles. The third-order valence-electron chi connectivity index (χ3n) is 4.34. The molecule has 1 aliphatic carbocycles. The minimum atomic E-state index is -0.387. The lowest BCUT2D eigenvalue weighted by Crippen LogP contribution is -2.27. The third kappa shape index (κ3) is 1.97. The van der Waals surface area contributed by atoms with Gasteiger partial charge in [-0.3, -0.25) is 0 Å². The lowest BCUT2D eigenvalue weighted by Gasteiger charge is -2.28. The van der Waals surface area contributed by atoms with Crippen LogP contribution >= 0.6 is 11.6 Å². The molecular weight excluding hydrogens is 279 g/mol. The van der Waals surface area contributed by atoms with E-state index in [1.807, 2.05) is 0 Å². The number of halogens is 2. The summed E-state index contributed by atoms with van der Waals surface area (Å²) in [5.41, 5.74) is 1.57. The van der Waals surface area contributed by atoms with E-state index >= 15 is 0 Å². The Morgan fingerprint density at radius 2 is 2.10 bits per heavy atom. The molecule has 0 saturated heterocycles. The van der Waals surface area contributed by atoms with Gasteiger partial charge in [-0.2, -0.15) is 0 Å². The minimum absolute atomic E-state index is 0.0157. The largest absolute Gasteiger partial charge is 0.494 e. The molecule has 3 nitrogen and oxygen atoms in total. The fourth-order valence-electron chi connectivity index (χ4n) is 3.34. The van der Waals surface area contributed by atoms with Crippen LogP contribution in [0.4, 0.5) is 4.39 Å². The average molecular weight is 297 g/mol. The molecule has 0 atom stereocenters. The second-order valence-electron chi connectivity index (χ2n) is 5.68. The van der Waals surface area contributed by atoms with Crippen molar-refractivity contribution < 1.29 is 9.13 Å². The summed E-state index contributed by atoms with van der Waals surface area (Å²) in [7, 11) is 1.48. The zero-order valence-electron chi connectivity index (χ0n) is 11.7. The molecule has 1 fully saturated rings. The number of hydrogen-bond acceptors (Lipinski definition) is 2. The lowest BCUT2D eigenvalue weighted by molar-refractivity contribution is 0.330. The quantitative estimate of drug-likeness (QED) is 0.793. The van der Waals surface area contributed by atoms with Gasteiger partial charge in [-0.15, -0.1) is 11.6 Å². The van der Waals surface area contributed by atoms with Crippen molar-refractivity contribution in [3.63, 3.8) is 0 Å². The number of hydrogen-bond donors (Lipinski definition) is 0. The van der Waals surface area contributed by atoms with E-state index in [9.17, 15) is 4.39 Å². The van der Waals surface area contributed by atoms with Gasteiger partial charge in [0.05, 0.1) is 24.0 Å². The van der Waals surface area contributed by atoms with Gasteiger partial charge in [0, 0.05) is 17.7 Å². The van der Waals surface area contributed by atoms with E-state index in [4.69, 9.17) is 16.3 Å². The van der Waals surface area contributed by atoms with Crippen molar-refractivity contribution in [1.29, 1.82) is 0 Å². The van der Waals surface area contributed by atoms with Crippen LogP contribution in [0, 0.1) is 5.82 Å². The van der Waals surface area contributed by atoms with Crippen molar-refractivity contribution in [2.45, 2.75) is 44.0 Å².